The first kappa shape index (κ1) is 10.6. The molecule has 1 fully saturated rings. The van der Waals surface area contributed by atoms with E-state index in [0.717, 1.165) is 24.3 Å². The van der Waals surface area contributed by atoms with E-state index in [1.54, 1.807) is 5.51 Å². The molecule has 0 bridgehead atoms. The van der Waals surface area contributed by atoms with Gasteiger partial charge in [0.1, 0.15) is 0 Å². The molecule has 1 aromatic rings. The van der Waals surface area contributed by atoms with Gasteiger partial charge in [0.2, 0.25) is 0 Å². The van der Waals surface area contributed by atoms with E-state index in [9.17, 15) is 4.79 Å². The molecule has 15 heavy (non-hydrogen) atoms. The fraction of sp³-hybridized carbons (Fsp3) is 0.600. The van der Waals surface area contributed by atoms with Crippen molar-refractivity contribution in [1.82, 2.24) is 4.98 Å². The Labute approximate surface area is 92.2 Å². The number of carbonyl (C=O) groups excluding carboxylic acids is 1. The highest BCUT2D eigenvalue weighted by molar-refractivity contribution is 7.10. The summed E-state index contributed by atoms with van der Waals surface area (Å²) in [7, 11) is 1.38. The van der Waals surface area contributed by atoms with Crippen molar-refractivity contribution < 1.29 is 14.3 Å². The number of esters is 1. The van der Waals surface area contributed by atoms with Gasteiger partial charge < -0.3 is 9.47 Å². The normalized spacial score (nSPS) is 21.3. The zero-order valence-corrected chi connectivity index (χ0v) is 9.38. The summed E-state index contributed by atoms with van der Waals surface area (Å²) in [6.07, 6.45) is 2.11. The molecule has 1 unspecified atom stereocenters. The Morgan fingerprint density at radius 2 is 2.60 bits per heavy atom. The summed E-state index contributed by atoms with van der Waals surface area (Å²) >= 11 is 1.51. The van der Waals surface area contributed by atoms with Crippen LogP contribution in [0.3, 0.4) is 0 Å². The summed E-state index contributed by atoms with van der Waals surface area (Å²) in [5.41, 5.74) is 2.15. The van der Waals surface area contributed by atoms with Crippen molar-refractivity contribution >= 4 is 17.3 Å². The van der Waals surface area contributed by atoms with E-state index in [1.807, 2.05) is 0 Å². The molecule has 2 rings (SSSR count). The Kier molecular flexibility index (Phi) is 3.33. The number of rotatable bonds is 2. The van der Waals surface area contributed by atoms with E-state index in [-0.39, 0.29) is 5.97 Å². The number of thiazole rings is 1. The number of carbonyl (C=O) groups is 1. The molecule has 2 heterocycles. The van der Waals surface area contributed by atoms with E-state index >= 15 is 0 Å². The van der Waals surface area contributed by atoms with Crippen LogP contribution in [0, 0.1) is 0 Å². The Morgan fingerprint density at radius 3 is 3.27 bits per heavy atom. The molecular formula is C10H13NO3S. The molecule has 0 spiro atoms. The smallest absolute Gasteiger partial charge is 0.357 e. The monoisotopic (exact) mass is 227 g/mol. The molecule has 1 aliphatic heterocycles. The molecule has 1 aliphatic rings. The third-order valence-corrected chi connectivity index (χ3v) is 3.50. The molecule has 4 nitrogen and oxygen atoms in total. The van der Waals surface area contributed by atoms with Crippen LogP contribution in [0.2, 0.25) is 0 Å². The average Bonchev–Trinajstić information content (AvgIpc) is 2.78. The highest BCUT2D eigenvalue weighted by Gasteiger charge is 2.24. The lowest BCUT2D eigenvalue weighted by molar-refractivity contribution is 0.0585. The number of hydrogen-bond acceptors (Lipinski definition) is 5. The molecule has 0 amide bonds. The standard InChI is InChI=1S/C10H13NO3S/c1-13-10(12)8-9(15-6-11-8)7-3-2-4-14-5-7/h6-7H,2-5H2,1H3. The molecule has 0 aromatic carbocycles. The van der Waals surface area contributed by atoms with Crippen molar-refractivity contribution in [1.29, 1.82) is 0 Å². The second-order valence-corrected chi connectivity index (χ2v) is 4.36. The average molecular weight is 227 g/mol. The van der Waals surface area contributed by atoms with Crippen molar-refractivity contribution in [3.05, 3.63) is 16.1 Å². The molecule has 1 saturated heterocycles. The number of hydrogen-bond donors (Lipinski definition) is 0. The fourth-order valence-corrected chi connectivity index (χ4v) is 2.64. The lowest BCUT2D eigenvalue weighted by Crippen LogP contribution is -2.17. The van der Waals surface area contributed by atoms with Crippen LogP contribution in [0.25, 0.3) is 0 Å². The second kappa shape index (κ2) is 4.72. The van der Waals surface area contributed by atoms with Crippen LogP contribution in [0.5, 0.6) is 0 Å². The van der Waals surface area contributed by atoms with Crippen LogP contribution in [-0.4, -0.2) is 31.3 Å². The Hall–Kier alpha value is -0.940. The summed E-state index contributed by atoms with van der Waals surface area (Å²) in [5.74, 6) is -0.0443. The maximum Gasteiger partial charge on any atom is 0.357 e. The van der Waals surface area contributed by atoms with Crippen molar-refractivity contribution in [2.24, 2.45) is 0 Å². The van der Waals surface area contributed by atoms with E-state index in [2.05, 4.69) is 4.98 Å². The van der Waals surface area contributed by atoms with Gasteiger partial charge in [0, 0.05) is 17.4 Å². The Balaban J connectivity index is 2.19. The van der Waals surface area contributed by atoms with Crippen LogP contribution in [0.15, 0.2) is 5.51 Å². The topological polar surface area (TPSA) is 48.4 Å². The van der Waals surface area contributed by atoms with Crippen molar-refractivity contribution in [2.45, 2.75) is 18.8 Å². The molecule has 5 heteroatoms. The van der Waals surface area contributed by atoms with E-state index < -0.39 is 0 Å². The maximum absolute atomic E-state index is 11.4. The summed E-state index contributed by atoms with van der Waals surface area (Å²) < 4.78 is 10.1. The molecule has 0 aliphatic carbocycles. The zero-order chi connectivity index (χ0) is 10.7. The van der Waals surface area contributed by atoms with Gasteiger partial charge in [-0.05, 0) is 12.8 Å². The number of aromatic nitrogens is 1. The Bertz CT molecular complexity index is 344. The summed E-state index contributed by atoms with van der Waals surface area (Å²) in [5, 5.41) is 0. The minimum Gasteiger partial charge on any atom is -0.464 e. The highest BCUT2D eigenvalue weighted by Crippen LogP contribution is 2.31. The van der Waals surface area contributed by atoms with E-state index in [0.29, 0.717) is 18.2 Å². The number of ether oxygens (including phenoxy) is 2. The first-order valence-electron chi connectivity index (χ1n) is 4.92. The van der Waals surface area contributed by atoms with Crippen LogP contribution >= 0.6 is 11.3 Å². The second-order valence-electron chi connectivity index (χ2n) is 3.47. The minimum absolute atomic E-state index is 0.306. The molecule has 0 N–H and O–H groups in total. The van der Waals surface area contributed by atoms with Crippen LogP contribution in [0.1, 0.15) is 34.1 Å². The largest absolute Gasteiger partial charge is 0.464 e. The van der Waals surface area contributed by atoms with Gasteiger partial charge in [-0.1, -0.05) is 0 Å². The third-order valence-electron chi connectivity index (χ3n) is 2.50. The van der Waals surface area contributed by atoms with Gasteiger partial charge >= 0.3 is 5.97 Å². The molecule has 1 aromatic heterocycles. The summed E-state index contributed by atoms with van der Waals surface area (Å²) in [6, 6.07) is 0. The molecule has 1 atom stereocenters. The van der Waals surface area contributed by atoms with Gasteiger partial charge in [0.25, 0.3) is 0 Å². The summed E-state index contributed by atoms with van der Waals surface area (Å²) in [4.78, 5) is 16.5. The van der Waals surface area contributed by atoms with Crippen molar-refractivity contribution in [3.63, 3.8) is 0 Å². The minimum atomic E-state index is -0.350. The van der Waals surface area contributed by atoms with Crippen molar-refractivity contribution in [3.8, 4) is 0 Å². The van der Waals surface area contributed by atoms with Gasteiger partial charge in [-0.25, -0.2) is 9.78 Å². The van der Waals surface area contributed by atoms with Gasteiger partial charge in [-0.3, -0.25) is 0 Å². The fourth-order valence-electron chi connectivity index (χ4n) is 1.74. The lowest BCUT2D eigenvalue weighted by Gasteiger charge is -2.21. The highest BCUT2D eigenvalue weighted by atomic mass is 32.1. The quantitative estimate of drug-likeness (QED) is 0.723. The zero-order valence-electron chi connectivity index (χ0n) is 8.56. The molecule has 0 radical (unpaired) electrons. The summed E-state index contributed by atoms with van der Waals surface area (Å²) in [6.45, 7) is 1.51. The predicted molar refractivity (Wildman–Crippen MR) is 56.2 cm³/mol. The first-order chi connectivity index (χ1) is 7.33. The lowest BCUT2D eigenvalue weighted by atomic mass is 9.99. The van der Waals surface area contributed by atoms with Gasteiger partial charge in [-0.2, -0.15) is 0 Å². The van der Waals surface area contributed by atoms with Crippen LogP contribution in [0.4, 0.5) is 0 Å². The van der Waals surface area contributed by atoms with Gasteiger partial charge in [0.15, 0.2) is 5.69 Å². The SMILES string of the molecule is COC(=O)c1ncsc1C1CCCOC1. The van der Waals surface area contributed by atoms with Gasteiger partial charge in [0.05, 0.1) is 19.2 Å². The number of nitrogens with zero attached hydrogens (tertiary/aromatic N) is 1. The van der Waals surface area contributed by atoms with Crippen molar-refractivity contribution in [2.75, 3.05) is 20.3 Å². The Morgan fingerprint density at radius 1 is 1.73 bits per heavy atom. The third kappa shape index (κ3) is 2.18. The van der Waals surface area contributed by atoms with Gasteiger partial charge in [-0.15, -0.1) is 11.3 Å². The van der Waals surface area contributed by atoms with Crippen LogP contribution in [-0.2, 0) is 9.47 Å². The van der Waals surface area contributed by atoms with E-state index in [4.69, 9.17) is 9.47 Å². The molecule has 82 valence electrons. The van der Waals surface area contributed by atoms with Crippen LogP contribution < -0.4 is 0 Å². The maximum atomic E-state index is 11.4. The van der Waals surface area contributed by atoms with E-state index in [1.165, 1.54) is 18.4 Å². The molecule has 0 saturated carbocycles. The number of methoxy groups -OCH3 is 1. The predicted octanol–water partition coefficient (Wildman–Crippen LogP) is 1.82. The first-order valence-corrected chi connectivity index (χ1v) is 5.80. The molecular weight excluding hydrogens is 214 g/mol.